The number of hydrogen-bond acceptors (Lipinski definition) is 5. The van der Waals surface area contributed by atoms with E-state index in [1.807, 2.05) is 50.3 Å². The van der Waals surface area contributed by atoms with Crippen molar-refractivity contribution < 1.29 is 24.2 Å². The molecule has 0 aliphatic carbocycles. The molecular formula is C27H29NO5. The van der Waals surface area contributed by atoms with Crippen molar-refractivity contribution in [2.45, 2.75) is 39.7 Å². The summed E-state index contributed by atoms with van der Waals surface area (Å²) in [4.78, 5) is 11.5. The van der Waals surface area contributed by atoms with Gasteiger partial charge in [-0.05, 0) is 29.3 Å². The number of aliphatic hydroxyl groups is 1. The predicted octanol–water partition coefficient (Wildman–Crippen LogP) is 6.08. The molecule has 3 rings (SSSR count). The van der Waals surface area contributed by atoms with Gasteiger partial charge in [-0.25, -0.2) is 0 Å². The van der Waals surface area contributed by atoms with E-state index in [-0.39, 0.29) is 12.2 Å². The van der Waals surface area contributed by atoms with Gasteiger partial charge in [0.2, 0.25) is 0 Å². The second-order valence-electron chi connectivity index (χ2n) is 7.56. The minimum Gasteiger partial charge on any atom is -0.512 e. The number of para-hydroxylation sites is 1. The van der Waals surface area contributed by atoms with E-state index in [1.54, 1.807) is 30.7 Å². The Morgan fingerprint density at radius 1 is 1.09 bits per heavy atom. The van der Waals surface area contributed by atoms with E-state index >= 15 is 0 Å². The van der Waals surface area contributed by atoms with Crippen LogP contribution in [0.25, 0.3) is 16.7 Å². The lowest BCUT2D eigenvalue weighted by atomic mass is 9.99. The molecule has 0 fully saturated rings. The van der Waals surface area contributed by atoms with E-state index in [4.69, 9.17) is 14.9 Å². The predicted molar refractivity (Wildman–Crippen MR) is 129 cm³/mol. The summed E-state index contributed by atoms with van der Waals surface area (Å²) in [5, 5.41) is 20.1. The van der Waals surface area contributed by atoms with Gasteiger partial charge in [-0.3, -0.25) is 4.79 Å². The van der Waals surface area contributed by atoms with Gasteiger partial charge in [-0.15, -0.1) is 0 Å². The monoisotopic (exact) mass is 447 g/mol. The van der Waals surface area contributed by atoms with Gasteiger partial charge in [0.15, 0.2) is 0 Å². The maximum absolute atomic E-state index is 11.5. The van der Waals surface area contributed by atoms with Gasteiger partial charge < -0.3 is 25.1 Å². The number of aliphatic carboxylic acids is 1. The van der Waals surface area contributed by atoms with Crippen LogP contribution < -0.4 is 10.5 Å². The number of carbonyl (C=O) groups is 1. The number of allylic oxidation sites excluding steroid dienone is 4. The van der Waals surface area contributed by atoms with E-state index in [0.29, 0.717) is 42.0 Å². The average molecular weight is 448 g/mol. The topological polar surface area (TPSA) is 106 Å². The van der Waals surface area contributed by atoms with E-state index in [0.717, 1.165) is 22.3 Å². The fraction of sp³-hybridized carbons (Fsp3) is 0.222. The molecule has 6 nitrogen and oxygen atoms in total. The third-order valence-electron chi connectivity index (χ3n) is 5.28. The summed E-state index contributed by atoms with van der Waals surface area (Å²) in [6, 6.07) is 14.9. The van der Waals surface area contributed by atoms with Crippen molar-refractivity contribution in [3.63, 3.8) is 0 Å². The van der Waals surface area contributed by atoms with Gasteiger partial charge in [0.05, 0.1) is 24.7 Å². The van der Waals surface area contributed by atoms with E-state index < -0.39 is 5.97 Å². The quantitative estimate of drug-likeness (QED) is 0.257. The second kappa shape index (κ2) is 11.2. The number of ether oxygens (including phenoxy) is 1. The molecule has 0 bridgehead atoms. The molecule has 2 aromatic carbocycles. The molecule has 0 spiro atoms. The minimum absolute atomic E-state index is 0.181. The van der Waals surface area contributed by atoms with E-state index in [1.165, 1.54) is 0 Å². The number of rotatable bonds is 10. The zero-order valence-electron chi connectivity index (χ0n) is 18.9. The van der Waals surface area contributed by atoms with Crippen molar-refractivity contribution in [2.75, 3.05) is 0 Å². The summed E-state index contributed by atoms with van der Waals surface area (Å²) in [6.45, 7) is 4.22. The minimum atomic E-state index is -0.950. The van der Waals surface area contributed by atoms with E-state index in [2.05, 4.69) is 0 Å². The Balaban J connectivity index is 2.10. The molecule has 0 atom stereocenters. The van der Waals surface area contributed by atoms with E-state index in [9.17, 15) is 15.0 Å². The highest BCUT2D eigenvalue weighted by Crippen LogP contribution is 2.36. The first-order chi connectivity index (χ1) is 16.0. The molecule has 1 aromatic heterocycles. The van der Waals surface area contributed by atoms with Crippen LogP contribution in [0.1, 0.15) is 43.4 Å². The van der Waals surface area contributed by atoms with Crippen LogP contribution in [0.2, 0.25) is 0 Å². The molecule has 3 aromatic rings. The van der Waals surface area contributed by atoms with Gasteiger partial charge in [-0.2, -0.15) is 0 Å². The Hall–Kier alpha value is -3.77. The van der Waals surface area contributed by atoms with Crippen LogP contribution in [0, 0.1) is 0 Å². The van der Waals surface area contributed by atoms with Gasteiger partial charge in [0.1, 0.15) is 11.5 Å². The Labute approximate surface area is 193 Å². The molecule has 0 radical (unpaired) electrons. The molecule has 0 aliphatic rings. The fourth-order valence-electron chi connectivity index (χ4n) is 3.54. The zero-order chi connectivity index (χ0) is 23.8. The number of aliphatic hydroxyl groups excluding tert-OH is 1. The number of furan rings is 1. The molecule has 0 saturated heterocycles. The summed E-state index contributed by atoms with van der Waals surface area (Å²) in [5.74, 6) is 0.327. The standard InChI is InChI=1S/C27H29NO5/c1-3-22(15-24(25(29)4-2)19-8-5-7-18(13-19)16-28)33-27-20(14-26(30)31)9-6-10-23(27)21-11-12-32-17-21/h5-13,15,17,29H,3-4,14,16,28H2,1-2H3,(H,30,31)/b22-15+,25-24-. The second-order valence-corrected chi connectivity index (χ2v) is 7.56. The van der Waals surface area contributed by atoms with Crippen molar-refractivity contribution in [1.29, 1.82) is 0 Å². The summed E-state index contributed by atoms with van der Waals surface area (Å²) >= 11 is 0. The van der Waals surface area contributed by atoms with Crippen LogP contribution in [0.15, 0.2) is 83.1 Å². The fourth-order valence-corrected chi connectivity index (χ4v) is 3.54. The highest BCUT2D eigenvalue weighted by atomic mass is 16.5. The first-order valence-electron chi connectivity index (χ1n) is 10.9. The molecule has 33 heavy (non-hydrogen) atoms. The molecule has 4 N–H and O–H groups in total. The molecule has 6 heteroatoms. The first-order valence-corrected chi connectivity index (χ1v) is 10.9. The van der Waals surface area contributed by atoms with Gasteiger partial charge in [-0.1, -0.05) is 50.2 Å². The van der Waals surface area contributed by atoms with Crippen molar-refractivity contribution in [3.8, 4) is 16.9 Å². The number of hydrogen-bond donors (Lipinski definition) is 3. The van der Waals surface area contributed by atoms with Crippen LogP contribution in [0.3, 0.4) is 0 Å². The third-order valence-corrected chi connectivity index (χ3v) is 5.28. The van der Waals surface area contributed by atoms with Crippen LogP contribution >= 0.6 is 0 Å². The average Bonchev–Trinajstić information content (AvgIpc) is 3.36. The summed E-state index contributed by atoms with van der Waals surface area (Å²) in [5.41, 5.74) is 10.3. The first kappa shape index (κ1) is 23.9. The lowest BCUT2D eigenvalue weighted by Crippen LogP contribution is -2.06. The SMILES string of the molecule is CC/C(O)=C(\C=C(/CC)Oc1c(CC(=O)O)cccc1-c1ccoc1)c1cccc(CN)c1. The lowest BCUT2D eigenvalue weighted by Gasteiger charge is -2.17. The highest BCUT2D eigenvalue weighted by Gasteiger charge is 2.17. The number of benzene rings is 2. The van der Waals surface area contributed by atoms with Crippen molar-refractivity contribution in [1.82, 2.24) is 0 Å². The Bertz CT molecular complexity index is 1160. The Morgan fingerprint density at radius 2 is 1.88 bits per heavy atom. The molecular weight excluding hydrogens is 418 g/mol. The molecule has 0 amide bonds. The molecule has 172 valence electrons. The Kier molecular flexibility index (Phi) is 8.11. The van der Waals surface area contributed by atoms with Crippen molar-refractivity contribution in [3.05, 3.63) is 95.3 Å². The number of carboxylic acid groups (broad SMARTS) is 1. The van der Waals surface area contributed by atoms with Crippen LogP contribution in [-0.4, -0.2) is 16.2 Å². The summed E-state index contributed by atoms with van der Waals surface area (Å²) in [6.07, 6.45) is 5.76. The molecule has 0 aliphatic heterocycles. The van der Waals surface area contributed by atoms with Gasteiger partial charge in [0, 0.05) is 41.6 Å². The van der Waals surface area contributed by atoms with Crippen molar-refractivity contribution >= 4 is 11.5 Å². The summed E-state index contributed by atoms with van der Waals surface area (Å²) in [7, 11) is 0. The van der Waals surface area contributed by atoms with Crippen LogP contribution in [0.5, 0.6) is 5.75 Å². The molecule has 0 unspecified atom stereocenters. The van der Waals surface area contributed by atoms with Crippen LogP contribution in [0.4, 0.5) is 0 Å². The number of nitrogens with two attached hydrogens (primary N) is 1. The summed E-state index contributed by atoms with van der Waals surface area (Å²) < 4.78 is 11.6. The smallest absolute Gasteiger partial charge is 0.307 e. The maximum atomic E-state index is 11.5. The maximum Gasteiger partial charge on any atom is 0.307 e. The lowest BCUT2D eigenvalue weighted by molar-refractivity contribution is -0.136. The van der Waals surface area contributed by atoms with Crippen LogP contribution in [-0.2, 0) is 17.8 Å². The van der Waals surface area contributed by atoms with Crippen molar-refractivity contribution in [2.24, 2.45) is 5.73 Å². The molecule has 1 heterocycles. The van der Waals surface area contributed by atoms with Gasteiger partial charge >= 0.3 is 5.97 Å². The highest BCUT2D eigenvalue weighted by molar-refractivity contribution is 5.78. The van der Waals surface area contributed by atoms with Gasteiger partial charge in [0.25, 0.3) is 0 Å². The normalized spacial score (nSPS) is 12.4. The zero-order valence-corrected chi connectivity index (χ0v) is 18.9. The molecule has 0 saturated carbocycles. The number of carboxylic acids is 1. The Morgan fingerprint density at radius 3 is 2.52 bits per heavy atom. The third kappa shape index (κ3) is 5.93. The largest absolute Gasteiger partial charge is 0.512 e.